The van der Waals surface area contributed by atoms with Crippen LogP contribution < -0.4 is 10.6 Å². The van der Waals surface area contributed by atoms with E-state index in [2.05, 4.69) is 10.6 Å². The zero-order chi connectivity index (χ0) is 27.1. The minimum absolute atomic E-state index is 0.0152. The number of likely N-dealkylation sites (tertiary alicyclic amines) is 2. The summed E-state index contributed by atoms with van der Waals surface area (Å²) in [5.41, 5.74) is 0.173. The molecule has 0 unspecified atom stereocenters. The Labute approximate surface area is 220 Å². The molecule has 4 rings (SSSR count). The molecule has 2 N–H and O–H groups in total. The number of piperidine rings is 1. The van der Waals surface area contributed by atoms with Crippen molar-refractivity contribution in [3.63, 3.8) is 0 Å². The van der Waals surface area contributed by atoms with E-state index in [9.17, 15) is 19.2 Å². The quantitative estimate of drug-likeness (QED) is 0.508. The van der Waals surface area contributed by atoms with Gasteiger partial charge in [0.15, 0.2) is 0 Å². The minimum atomic E-state index is -0.656. The molecule has 2 aliphatic heterocycles. The maximum atomic E-state index is 13.8. The van der Waals surface area contributed by atoms with E-state index >= 15 is 0 Å². The average molecular weight is 521 g/mol. The largest absolute Gasteiger partial charge is 0.453 e. The monoisotopic (exact) mass is 520 g/mol. The lowest BCUT2D eigenvalue weighted by Crippen LogP contribution is -2.57. The Morgan fingerprint density at radius 3 is 1.97 bits per heavy atom. The number of alkyl carbamates (subject to hydrolysis) is 2. The standard InChI is InChI=1S/C27H44N4O6/c1-15(2)21(28-25(34)36-5)23(32)30-14-27(9-10-27)13-19(30)12-20-17-7-8-18(11-17)31(20)24(33)22(16(3)4)29-26(35)37-6/h15-22H,7-14H2,1-6H3,(H,28,34)(H,29,35)/t17-,18+,19+,20+,21-,22-/m0/s1. The first-order chi connectivity index (χ1) is 17.5. The van der Waals surface area contributed by atoms with Gasteiger partial charge in [-0.3, -0.25) is 9.59 Å². The van der Waals surface area contributed by atoms with Crippen LogP contribution in [0.4, 0.5) is 9.59 Å². The third kappa shape index (κ3) is 5.53. The summed E-state index contributed by atoms with van der Waals surface area (Å²) >= 11 is 0. The predicted octanol–water partition coefficient (Wildman–Crippen LogP) is 2.90. The van der Waals surface area contributed by atoms with Crippen molar-refractivity contribution in [2.45, 2.75) is 103 Å². The number of methoxy groups -OCH3 is 2. The van der Waals surface area contributed by atoms with Crippen LogP contribution in [0, 0.1) is 23.2 Å². The molecule has 6 atom stereocenters. The molecule has 10 heteroatoms. The summed E-state index contributed by atoms with van der Waals surface area (Å²) in [4.78, 5) is 55.6. The van der Waals surface area contributed by atoms with Crippen LogP contribution in [-0.4, -0.2) is 84.8 Å². The molecule has 2 saturated carbocycles. The number of nitrogens with zero attached hydrogens (tertiary/aromatic N) is 2. The predicted molar refractivity (Wildman–Crippen MR) is 136 cm³/mol. The molecule has 208 valence electrons. The minimum Gasteiger partial charge on any atom is -0.453 e. The number of hydrogen-bond donors (Lipinski definition) is 2. The Morgan fingerprint density at radius 2 is 1.46 bits per heavy atom. The maximum absolute atomic E-state index is 13.8. The molecule has 1 spiro atoms. The van der Waals surface area contributed by atoms with Gasteiger partial charge >= 0.3 is 12.2 Å². The van der Waals surface area contributed by atoms with E-state index in [1.54, 1.807) is 0 Å². The van der Waals surface area contributed by atoms with Gasteiger partial charge in [0, 0.05) is 24.7 Å². The molecular weight excluding hydrogens is 476 g/mol. The molecule has 4 aliphatic rings. The molecule has 4 fully saturated rings. The third-order valence-electron chi connectivity index (χ3n) is 9.15. The summed E-state index contributed by atoms with van der Waals surface area (Å²) < 4.78 is 9.56. The van der Waals surface area contributed by atoms with E-state index in [1.165, 1.54) is 14.2 Å². The highest BCUT2D eigenvalue weighted by Crippen LogP contribution is 2.56. The van der Waals surface area contributed by atoms with E-state index in [1.807, 2.05) is 37.5 Å². The lowest BCUT2D eigenvalue weighted by Gasteiger charge is -2.41. The molecule has 10 nitrogen and oxygen atoms in total. The number of ether oxygens (including phenoxy) is 2. The number of nitrogens with one attached hydrogen (secondary N) is 2. The average Bonchev–Trinajstić information content (AvgIpc) is 3.17. The highest BCUT2D eigenvalue weighted by Gasteiger charge is 2.57. The molecule has 2 saturated heterocycles. The first-order valence-corrected chi connectivity index (χ1v) is 13.8. The lowest BCUT2D eigenvalue weighted by atomic mass is 9.89. The van der Waals surface area contributed by atoms with E-state index in [4.69, 9.17) is 9.47 Å². The number of carbonyl (C=O) groups excluding carboxylic acids is 4. The molecule has 2 heterocycles. The molecular formula is C27H44N4O6. The number of rotatable bonds is 8. The van der Waals surface area contributed by atoms with Gasteiger partial charge in [0.2, 0.25) is 11.8 Å². The second-order valence-electron chi connectivity index (χ2n) is 12.3. The first-order valence-electron chi connectivity index (χ1n) is 13.8. The van der Waals surface area contributed by atoms with Gasteiger partial charge in [0.1, 0.15) is 12.1 Å². The van der Waals surface area contributed by atoms with E-state index in [0.717, 1.165) is 44.9 Å². The van der Waals surface area contributed by atoms with Gasteiger partial charge in [-0.25, -0.2) is 9.59 Å². The smallest absolute Gasteiger partial charge is 0.407 e. The van der Waals surface area contributed by atoms with Gasteiger partial charge in [-0.1, -0.05) is 27.7 Å². The second-order valence-corrected chi connectivity index (χ2v) is 12.3. The number of amides is 4. The summed E-state index contributed by atoms with van der Waals surface area (Å²) in [7, 11) is 2.60. The molecule has 2 bridgehead atoms. The topological polar surface area (TPSA) is 117 Å². The van der Waals surface area contributed by atoms with Gasteiger partial charge in [-0.15, -0.1) is 0 Å². The molecule has 37 heavy (non-hydrogen) atoms. The van der Waals surface area contributed by atoms with Crippen LogP contribution >= 0.6 is 0 Å². The van der Waals surface area contributed by atoms with Crippen molar-refractivity contribution in [2.75, 3.05) is 20.8 Å². The van der Waals surface area contributed by atoms with Gasteiger partial charge in [-0.05, 0) is 68.1 Å². The van der Waals surface area contributed by atoms with Crippen molar-refractivity contribution in [3.05, 3.63) is 0 Å². The van der Waals surface area contributed by atoms with Gasteiger partial charge in [-0.2, -0.15) is 0 Å². The van der Waals surface area contributed by atoms with Gasteiger partial charge < -0.3 is 29.9 Å². The van der Waals surface area contributed by atoms with Crippen LogP contribution in [0.15, 0.2) is 0 Å². The van der Waals surface area contributed by atoms with Crippen molar-refractivity contribution in [2.24, 2.45) is 23.2 Å². The lowest BCUT2D eigenvalue weighted by molar-refractivity contribution is -0.140. The van der Waals surface area contributed by atoms with Crippen LogP contribution in [0.5, 0.6) is 0 Å². The number of fused-ring (bicyclic) bond motifs is 2. The Hall–Kier alpha value is -2.52. The van der Waals surface area contributed by atoms with E-state index in [0.29, 0.717) is 12.5 Å². The zero-order valence-corrected chi connectivity index (χ0v) is 23.1. The van der Waals surface area contributed by atoms with Crippen molar-refractivity contribution in [1.29, 1.82) is 0 Å². The Kier molecular flexibility index (Phi) is 7.95. The number of hydrogen-bond acceptors (Lipinski definition) is 6. The molecule has 0 aromatic carbocycles. The third-order valence-corrected chi connectivity index (χ3v) is 9.15. The van der Waals surface area contributed by atoms with Crippen molar-refractivity contribution < 1.29 is 28.7 Å². The summed E-state index contributed by atoms with van der Waals surface area (Å²) in [5.74, 6) is 0.118. The molecule has 2 aliphatic carbocycles. The highest BCUT2D eigenvalue weighted by molar-refractivity contribution is 5.87. The Balaban J connectivity index is 1.54. The van der Waals surface area contributed by atoms with Crippen molar-refractivity contribution >= 4 is 24.0 Å². The van der Waals surface area contributed by atoms with Crippen LogP contribution in [0.1, 0.15) is 72.6 Å². The fraction of sp³-hybridized carbons (Fsp3) is 0.852. The molecule has 0 aromatic rings. The normalized spacial score (nSPS) is 29.0. The summed E-state index contributed by atoms with van der Waals surface area (Å²) in [6, 6.07) is -1.09. The van der Waals surface area contributed by atoms with Crippen LogP contribution in [-0.2, 0) is 19.1 Å². The maximum Gasteiger partial charge on any atom is 0.407 e. The summed E-state index contributed by atoms with van der Waals surface area (Å²) in [5, 5.41) is 5.49. The van der Waals surface area contributed by atoms with E-state index < -0.39 is 24.3 Å². The highest BCUT2D eigenvalue weighted by atomic mass is 16.5. The van der Waals surface area contributed by atoms with Crippen LogP contribution in [0.3, 0.4) is 0 Å². The van der Waals surface area contributed by atoms with Gasteiger partial charge in [0.25, 0.3) is 0 Å². The molecule has 0 radical (unpaired) electrons. The van der Waals surface area contributed by atoms with Gasteiger partial charge in [0.05, 0.1) is 14.2 Å². The van der Waals surface area contributed by atoms with E-state index in [-0.39, 0.29) is 47.2 Å². The summed E-state index contributed by atoms with van der Waals surface area (Å²) in [6.07, 6.45) is 5.72. The van der Waals surface area contributed by atoms with Crippen molar-refractivity contribution in [3.8, 4) is 0 Å². The summed E-state index contributed by atoms with van der Waals surface area (Å²) in [6.45, 7) is 8.41. The SMILES string of the molecule is COC(=O)N[C@H](C(=O)N1CC2(CC2)C[C@H]1C[C@@H]1[C@H]2CC[C@H](C2)N1C(=O)[C@@H](NC(=O)OC)C(C)C)C(C)C. The Morgan fingerprint density at radius 1 is 0.892 bits per heavy atom. The fourth-order valence-corrected chi connectivity index (χ4v) is 6.93. The van der Waals surface area contributed by atoms with Crippen molar-refractivity contribution in [1.82, 2.24) is 20.4 Å². The number of carbonyl (C=O) groups is 4. The van der Waals surface area contributed by atoms with Crippen LogP contribution in [0.25, 0.3) is 0 Å². The van der Waals surface area contributed by atoms with Crippen LogP contribution in [0.2, 0.25) is 0 Å². The molecule has 0 aromatic heterocycles. The second kappa shape index (κ2) is 10.7. The zero-order valence-electron chi connectivity index (χ0n) is 23.1. The first kappa shape index (κ1) is 27.5. The Bertz CT molecular complexity index is 903. The molecule has 4 amide bonds. The fourth-order valence-electron chi connectivity index (χ4n) is 6.93.